The highest BCUT2D eigenvalue weighted by atomic mass is 16.7. The van der Waals surface area contributed by atoms with E-state index in [1.165, 1.54) is 0 Å². The van der Waals surface area contributed by atoms with E-state index in [2.05, 4.69) is 4.98 Å². The number of aromatic amines is 1. The molecule has 0 aromatic carbocycles. The number of ether oxygens (including phenoxy) is 3. The first-order valence-electron chi connectivity index (χ1n) is 8.95. The van der Waals surface area contributed by atoms with Crippen LogP contribution in [0.2, 0.25) is 0 Å². The number of nitrogens with one attached hydrogen (secondary N) is 1. The van der Waals surface area contributed by atoms with Gasteiger partial charge in [0.25, 0.3) is 5.91 Å². The number of esters is 1. The maximum absolute atomic E-state index is 13.2. The number of hydrogen-bond acceptors (Lipinski definition) is 5. The number of carbonyl (C=O) groups excluding carboxylic acids is 2. The second kappa shape index (κ2) is 7.58. The lowest BCUT2D eigenvalue weighted by Gasteiger charge is -2.37. The lowest BCUT2D eigenvalue weighted by atomic mass is 10.0. The van der Waals surface area contributed by atoms with Gasteiger partial charge in [0.15, 0.2) is 6.29 Å². The molecule has 0 bridgehead atoms. The zero-order valence-corrected chi connectivity index (χ0v) is 15.1. The van der Waals surface area contributed by atoms with Gasteiger partial charge in [-0.1, -0.05) is 0 Å². The molecule has 1 aromatic heterocycles. The maximum atomic E-state index is 13.2. The molecule has 0 spiro atoms. The summed E-state index contributed by atoms with van der Waals surface area (Å²) < 4.78 is 16.4. The van der Waals surface area contributed by atoms with Crippen LogP contribution in [0.15, 0.2) is 0 Å². The Morgan fingerprint density at radius 1 is 1.24 bits per heavy atom. The van der Waals surface area contributed by atoms with Crippen molar-refractivity contribution in [3.05, 3.63) is 22.5 Å². The van der Waals surface area contributed by atoms with Gasteiger partial charge in [-0.15, -0.1) is 0 Å². The maximum Gasteiger partial charge on any atom is 0.340 e. The molecule has 1 amide bonds. The molecule has 2 saturated heterocycles. The van der Waals surface area contributed by atoms with E-state index in [0.29, 0.717) is 48.9 Å². The van der Waals surface area contributed by atoms with Crippen LogP contribution in [0.3, 0.4) is 0 Å². The Kier molecular flexibility index (Phi) is 5.44. The molecule has 7 heteroatoms. The number of aromatic nitrogens is 1. The summed E-state index contributed by atoms with van der Waals surface area (Å²) in [6, 6.07) is -0.0854. The lowest BCUT2D eigenvalue weighted by molar-refractivity contribution is -0.100. The molecule has 7 nitrogen and oxygen atoms in total. The molecule has 2 aliphatic heterocycles. The topological polar surface area (TPSA) is 80.9 Å². The number of nitrogens with zero attached hydrogens (tertiary/aromatic N) is 1. The van der Waals surface area contributed by atoms with Gasteiger partial charge in [-0.3, -0.25) is 4.79 Å². The normalized spacial score (nSPS) is 21.6. The molecule has 0 saturated carbocycles. The first-order valence-corrected chi connectivity index (χ1v) is 8.95. The van der Waals surface area contributed by atoms with E-state index in [4.69, 9.17) is 14.2 Å². The number of carbonyl (C=O) groups is 2. The van der Waals surface area contributed by atoms with Gasteiger partial charge < -0.3 is 24.1 Å². The van der Waals surface area contributed by atoms with Gasteiger partial charge in [0.05, 0.1) is 31.4 Å². The van der Waals surface area contributed by atoms with E-state index < -0.39 is 5.97 Å². The van der Waals surface area contributed by atoms with Crippen LogP contribution in [0.5, 0.6) is 0 Å². The molecule has 1 N–H and O–H groups in total. The van der Waals surface area contributed by atoms with Gasteiger partial charge in [0.2, 0.25) is 0 Å². The zero-order chi connectivity index (χ0) is 18.0. The molecule has 2 aliphatic rings. The summed E-state index contributed by atoms with van der Waals surface area (Å²) in [7, 11) is 0. The number of amides is 1. The largest absolute Gasteiger partial charge is 0.462 e. The minimum Gasteiger partial charge on any atom is -0.462 e. The van der Waals surface area contributed by atoms with Crippen LogP contribution >= 0.6 is 0 Å². The highest BCUT2D eigenvalue weighted by Gasteiger charge is 2.38. The van der Waals surface area contributed by atoms with Crippen molar-refractivity contribution in [2.75, 3.05) is 26.4 Å². The van der Waals surface area contributed by atoms with Crippen molar-refractivity contribution in [1.82, 2.24) is 9.88 Å². The van der Waals surface area contributed by atoms with Crippen molar-refractivity contribution in [1.29, 1.82) is 0 Å². The van der Waals surface area contributed by atoms with Crippen LogP contribution < -0.4 is 0 Å². The standard InChI is InChI=1S/C18H26N2O5/c1-4-23-17(22)14-11(2)15(19-12(14)3)16(21)20-8-6-5-7-13(20)18-24-9-10-25-18/h13,18-19H,4-10H2,1-3H3. The van der Waals surface area contributed by atoms with Crippen molar-refractivity contribution in [2.24, 2.45) is 0 Å². The van der Waals surface area contributed by atoms with Gasteiger partial charge in [0, 0.05) is 12.2 Å². The minimum atomic E-state index is -0.398. The van der Waals surface area contributed by atoms with E-state index in [1.54, 1.807) is 20.8 Å². The highest BCUT2D eigenvalue weighted by molar-refractivity contribution is 6.00. The average Bonchev–Trinajstić information content (AvgIpc) is 3.23. The number of hydrogen-bond donors (Lipinski definition) is 1. The Balaban J connectivity index is 1.86. The Bertz CT molecular complexity index is 648. The average molecular weight is 350 g/mol. The third kappa shape index (κ3) is 3.43. The third-order valence-corrected chi connectivity index (χ3v) is 4.90. The van der Waals surface area contributed by atoms with E-state index in [-0.39, 0.29) is 18.2 Å². The number of H-pyrrole nitrogens is 1. The van der Waals surface area contributed by atoms with E-state index in [1.807, 2.05) is 4.90 Å². The predicted octanol–water partition coefficient (Wildman–Crippen LogP) is 2.18. The third-order valence-electron chi connectivity index (χ3n) is 4.90. The summed E-state index contributed by atoms with van der Waals surface area (Å²) in [6.45, 7) is 7.43. The second-order valence-electron chi connectivity index (χ2n) is 6.52. The molecular weight excluding hydrogens is 324 g/mol. The molecule has 2 fully saturated rings. The summed E-state index contributed by atoms with van der Waals surface area (Å²) in [6.07, 6.45) is 2.51. The summed E-state index contributed by atoms with van der Waals surface area (Å²) in [4.78, 5) is 30.2. The number of aryl methyl sites for hydroxylation is 1. The number of piperidine rings is 1. The van der Waals surface area contributed by atoms with E-state index in [9.17, 15) is 9.59 Å². The minimum absolute atomic E-state index is 0.0854. The van der Waals surface area contributed by atoms with Crippen molar-refractivity contribution in [2.45, 2.75) is 52.4 Å². The molecule has 1 unspecified atom stereocenters. The first kappa shape index (κ1) is 17.9. The van der Waals surface area contributed by atoms with Crippen LogP contribution in [0.1, 0.15) is 58.3 Å². The van der Waals surface area contributed by atoms with Gasteiger partial charge in [-0.05, 0) is 45.6 Å². The second-order valence-corrected chi connectivity index (χ2v) is 6.52. The lowest BCUT2D eigenvalue weighted by Crippen LogP contribution is -2.50. The zero-order valence-electron chi connectivity index (χ0n) is 15.1. The van der Waals surface area contributed by atoms with E-state index >= 15 is 0 Å². The van der Waals surface area contributed by atoms with Crippen LogP contribution in [-0.2, 0) is 14.2 Å². The Morgan fingerprint density at radius 2 is 1.96 bits per heavy atom. The predicted molar refractivity (Wildman–Crippen MR) is 90.6 cm³/mol. The first-order chi connectivity index (χ1) is 12.0. The molecule has 0 aliphatic carbocycles. The van der Waals surface area contributed by atoms with Gasteiger partial charge in [0.1, 0.15) is 5.69 Å². The van der Waals surface area contributed by atoms with Crippen molar-refractivity contribution in [3.63, 3.8) is 0 Å². The summed E-state index contributed by atoms with van der Waals surface area (Å²) in [5.41, 5.74) is 2.19. The van der Waals surface area contributed by atoms with Crippen LogP contribution in [-0.4, -0.2) is 60.5 Å². The van der Waals surface area contributed by atoms with Crippen LogP contribution in [0.4, 0.5) is 0 Å². The molecule has 1 atom stereocenters. The van der Waals surface area contributed by atoms with Crippen LogP contribution in [0, 0.1) is 13.8 Å². The van der Waals surface area contributed by atoms with Gasteiger partial charge >= 0.3 is 5.97 Å². The number of likely N-dealkylation sites (tertiary alicyclic amines) is 1. The fourth-order valence-electron chi connectivity index (χ4n) is 3.71. The fraction of sp³-hybridized carbons (Fsp3) is 0.667. The summed E-state index contributed by atoms with van der Waals surface area (Å²) in [5, 5.41) is 0. The Morgan fingerprint density at radius 3 is 2.64 bits per heavy atom. The number of rotatable bonds is 4. The molecular formula is C18H26N2O5. The molecule has 3 rings (SSSR count). The monoisotopic (exact) mass is 350 g/mol. The summed E-state index contributed by atoms with van der Waals surface area (Å²) >= 11 is 0. The molecule has 1 aromatic rings. The molecule has 0 radical (unpaired) electrons. The van der Waals surface area contributed by atoms with E-state index in [0.717, 1.165) is 19.3 Å². The van der Waals surface area contributed by atoms with Crippen molar-refractivity contribution >= 4 is 11.9 Å². The fourth-order valence-corrected chi connectivity index (χ4v) is 3.71. The van der Waals surface area contributed by atoms with Crippen molar-refractivity contribution in [3.8, 4) is 0 Å². The SMILES string of the molecule is CCOC(=O)c1c(C)[nH]c(C(=O)N2CCCCC2C2OCCO2)c1C. The molecule has 25 heavy (non-hydrogen) atoms. The van der Waals surface area contributed by atoms with Crippen LogP contribution in [0.25, 0.3) is 0 Å². The van der Waals surface area contributed by atoms with Crippen molar-refractivity contribution < 1.29 is 23.8 Å². The smallest absolute Gasteiger partial charge is 0.340 e. The quantitative estimate of drug-likeness (QED) is 0.842. The molecule has 3 heterocycles. The van der Waals surface area contributed by atoms with Gasteiger partial charge in [-0.25, -0.2) is 4.79 Å². The van der Waals surface area contributed by atoms with Gasteiger partial charge in [-0.2, -0.15) is 0 Å². The Hall–Kier alpha value is -1.86. The summed E-state index contributed by atoms with van der Waals surface area (Å²) in [5.74, 6) is -0.509. The highest BCUT2D eigenvalue weighted by Crippen LogP contribution is 2.28. The Labute approximate surface area is 147 Å². The molecule has 138 valence electrons.